The van der Waals surface area contributed by atoms with E-state index in [2.05, 4.69) is 5.43 Å². The molecule has 2 rings (SSSR count). The van der Waals surface area contributed by atoms with Crippen molar-refractivity contribution in [2.75, 3.05) is 6.26 Å². The maximum Gasteiger partial charge on any atom is 0.127 e. The number of hydrogen-bond acceptors (Lipinski definition) is 3. The number of thioether (sulfide) groups is 1. The van der Waals surface area contributed by atoms with Crippen molar-refractivity contribution in [1.29, 1.82) is 0 Å². The molecule has 0 amide bonds. The summed E-state index contributed by atoms with van der Waals surface area (Å²) in [5, 5.41) is 0.396. The van der Waals surface area contributed by atoms with Crippen LogP contribution in [0.2, 0.25) is 5.02 Å². The van der Waals surface area contributed by atoms with Crippen molar-refractivity contribution in [3.8, 4) is 0 Å². The summed E-state index contributed by atoms with van der Waals surface area (Å²) in [6.45, 7) is 0. The highest BCUT2D eigenvalue weighted by Crippen LogP contribution is 2.23. The van der Waals surface area contributed by atoms with Crippen LogP contribution < -0.4 is 11.3 Å². The first-order valence-electron chi connectivity index (χ1n) is 6.18. The van der Waals surface area contributed by atoms with Crippen molar-refractivity contribution in [3.05, 3.63) is 64.4 Å². The van der Waals surface area contributed by atoms with Gasteiger partial charge in [-0.25, -0.2) is 4.39 Å². The maximum atomic E-state index is 13.8. The number of hydrogen-bond donors (Lipinski definition) is 2. The molecule has 0 saturated carbocycles. The van der Waals surface area contributed by atoms with Gasteiger partial charge in [-0.1, -0.05) is 29.8 Å². The third kappa shape index (κ3) is 3.73. The lowest BCUT2D eigenvalue weighted by Gasteiger charge is -2.17. The molecule has 0 radical (unpaired) electrons. The van der Waals surface area contributed by atoms with Crippen LogP contribution in [0.1, 0.15) is 17.2 Å². The summed E-state index contributed by atoms with van der Waals surface area (Å²) in [7, 11) is 0. The number of rotatable bonds is 5. The van der Waals surface area contributed by atoms with Crippen LogP contribution in [0.4, 0.5) is 4.39 Å². The second kappa shape index (κ2) is 7.09. The normalized spacial score (nSPS) is 12.4. The van der Waals surface area contributed by atoms with Crippen LogP contribution in [0, 0.1) is 5.82 Å². The van der Waals surface area contributed by atoms with Crippen LogP contribution in [0.5, 0.6) is 0 Å². The van der Waals surface area contributed by atoms with Crippen molar-refractivity contribution >= 4 is 23.4 Å². The Morgan fingerprint density at radius 2 is 1.95 bits per heavy atom. The summed E-state index contributed by atoms with van der Waals surface area (Å²) < 4.78 is 13.8. The number of nitrogens with one attached hydrogen (secondary N) is 1. The van der Waals surface area contributed by atoms with Gasteiger partial charge in [0.2, 0.25) is 0 Å². The lowest BCUT2D eigenvalue weighted by Crippen LogP contribution is -2.29. The van der Waals surface area contributed by atoms with Crippen molar-refractivity contribution in [1.82, 2.24) is 5.43 Å². The van der Waals surface area contributed by atoms with E-state index in [0.29, 0.717) is 17.0 Å². The van der Waals surface area contributed by atoms with Crippen LogP contribution in [-0.2, 0) is 6.42 Å². The minimum Gasteiger partial charge on any atom is -0.271 e. The minimum absolute atomic E-state index is 0.137. The zero-order valence-corrected chi connectivity index (χ0v) is 12.6. The second-order valence-electron chi connectivity index (χ2n) is 4.43. The first-order valence-corrected chi connectivity index (χ1v) is 7.78. The third-order valence-electron chi connectivity index (χ3n) is 3.16. The van der Waals surface area contributed by atoms with E-state index in [9.17, 15) is 4.39 Å². The molecule has 0 aliphatic heterocycles. The van der Waals surface area contributed by atoms with Crippen molar-refractivity contribution < 1.29 is 4.39 Å². The van der Waals surface area contributed by atoms with E-state index in [4.69, 9.17) is 17.4 Å². The zero-order chi connectivity index (χ0) is 14.5. The largest absolute Gasteiger partial charge is 0.271 e. The number of benzene rings is 2. The maximum absolute atomic E-state index is 13.8. The van der Waals surface area contributed by atoms with Gasteiger partial charge in [-0.2, -0.15) is 0 Å². The summed E-state index contributed by atoms with van der Waals surface area (Å²) in [5.41, 5.74) is 4.36. The molecular formula is C15H16ClFN2S. The fourth-order valence-electron chi connectivity index (χ4n) is 2.02. The molecule has 3 N–H and O–H groups in total. The van der Waals surface area contributed by atoms with Gasteiger partial charge in [0.05, 0.1) is 6.04 Å². The van der Waals surface area contributed by atoms with E-state index in [1.54, 1.807) is 23.9 Å². The Kier molecular flexibility index (Phi) is 5.43. The van der Waals surface area contributed by atoms with E-state index in [-0.39, 0.29) is 11.9 Å². The molecule has 2 aromatic rings. The minimum atomic E-state index is -0.307. The highest BCUT2D eigenvalue weighted by Gasteiger charge is 2.13. The van der Waals surface area contributed by atoms with Crippen molar-refractivity contribution in [2.24, 2.45) is 5.84 Å². The molecule has 106 valence electrons. The van der Waals surface area contributed by atoms with Crippen LogP contribution in [0.3, 0.4) is 0 Å². The monoisotopic (exact) mass is 310 g/mol. The smallest absolute Gasteiger partial charge is 0.127 e. The lowest BCUT2D eigenvalue weighted by molar-refractivity contribution is 0.529. The van der Waals surface area contributed by atoms with Gasteiger partial charge in [0.15, 0.2) is 0 Å². The highest BCUT2D eigenvalue weighted by atomic mass is 35.5. The molecule has 0 bridgehead atoms. The molecular weight excluding hydrogens is 295 g/mol. The number of nitrogens with two attached hydrogens (primary N) is 1. The van der Waals surface area contributed by atoms with Crippen LogP contribution >= 0.6 is 23.4 Å². The van der Waals surface area contributed by atoms with Crippen LogP contribution in [0.15, 0.2) is 47.4 Å². The van der Waals surface area contributed by atoms with Crippen LogP contribution in [-0.4, -0.2) is 6.26 Å². The van der Waals surface area contributed by atoms with E-state index in [0.717, 1.165) is 5.56 Å². The number of hydrazine groups is 1. The standard InChI is InChI=1S/C15H16ClFN2S/c1-20-13-6-3-10(4-7-13)15(19-18)8-11-2-5-12(16)9-14(11)17/h2-7,9,15,19H,8,18H2,1H3. The fraction of sp³-hybridized carbons (Fsp3) is 0.200. The van der Waals surface area contributed by atoms with Gasteiger partial charge in [-0.3, -0.25) is 11.3 Å². The lowest BCUT2D eigenvalue weighted by atomic mass is 9.99. The Bertz CT molecular complexity index is 575. The molecule has 0 heterocycles. The average Bonchev–Trinajstić information content (AvgIpc) is 2.47. The summed E-state index contributed by atoms with van der Waals surface area (Å²) in [5.74, 6) is 5.29. The van der Waals surface area contributed by atoms with Gasteiger partial charge in [0, 0.05) is 9.92 Å². The Labute approximate surface area is 127 Å². The van der Waals surface area contributed by atoms with Gasteiger partial charge in [-0.15, -0.1) is 11.8 Å². The predicted molar refractivity (Wildman–Crippen MR) is 83.4 cm³/mol. The van der Waals surface area contributed by atoms with Crippen molar-refractivity contribution in [2.45, 2.75) is 17.4 Å². The summed E-state index contributed by atoms with van der Waals surface area (Å²) in [4.78, 5) is 1.18. The zero-order valence-electron chi connectivity index (χ0n) is 11.1. The first-order chi connectivity index (χ1) is 9.63. The highest BCUT2D eigenvalue weighted by molar-refractivity contribution is 7.98. The molecule has 0 fully saturated rings. The Morgan fingerprint density at radius 1 is 1.25 bits per heavy atom. The quantitative estimate of drug-likeness (QED) is 0.499. The Hall–Kier alpha value is -1.07. The van der Waals surface area contributed by atoms with Gasteiger partial charge in [0.1, 0.15) is 5.82 Å². The molecule has 1 atom stereocenters. The third-order valence-corrected chi connectivity index (χ3v) is 4.14. The molecule has 2 aromatic carbocycles. The van der Waals surface area contributed by atoms with E-state index in [1.165, 1.54) is 11.0 Å². The molecule has 0 saturated heterocycles. The SMILES string of the molecule is CSc1ccc(C(Cc2ccc(Cl)cc2F)NN)cc1. The fourth-order valence-corrected chi connectivity index (χ4v) is 2.58. The van der Waals surface area contributed by atoms with Crippen LogP contribution in [0.25, 0.3) is 0 Å². The van der Waals surface area contributed by atoms with Crippen molar-refractivity contribution in [3.63, 3.8) is 0 Å². The average molecular weight is 311 g/mol. The summed E-state index contributed by atoms with van der Waals surface area (Å²) in [6.07, 6.45) is 2.49. The molecule has 1 unspecified atom stereocenters. The molecule has 5 heteroatoms. The van der Waals surface area contributed by atoms with Gasteiger partial charge in [-0.05, 0) is 48.1 Å². The Morgan fingerprint density at radius 3 is 2.50 bits per heavy atom. The van der Waals surface area contributed by atoms with Gasteiger partial charge >= 0.3 is 0 Å². The Balaban J connectivity index is 2.19. The molecule has 0 spiro atoms. The van der Waals surface area contributed by atoms with E-state index < -0.39 is 0 Å². The first kappa shape index (κ1) is 15.3. The topological polar surface area (TPSA) is 38.0 Å². The predicted octanol–water partition coefficient (Wildman–Crippen LogP) is 3.95. The van der Waals surface area contributed by atoms with E-state index >= 15 is 0 Å². The molecule has 0 aromatic heterocycles. The summed E-state index contributed by atoms with van der Waals surface area (Å²) in [6, 6.07) is 12.6. The molecule has 0 aliphatic carbocycles. The summed E-state index contributed by atoms with van der Waals surface area (Å²) >= 11 is 7.43. The van der Waals surface area contributed by atoms with Gasteiger partial charge < -0.3 is 0 Å². The van der Waals surface area contributed by atoms with E-state index in [1.807, 2.05) is 30.5 Å². The molecule has 2 nitrogen and oxygen atoms in total. The molecule has 0 aliphatic rings. The number of halogens is 2. The molecule has 20 heavy (non-hydrogen) atoms. The second-order valence-corrected chi connectivity index (χ2v) is 5.75. The van der Waals surface area contributed by atoms with Gasteiger partial charge in [0.25, 0.3) is 0 Å².